The van der Waals surface area contributed by atoms with Gasteiger partial charge >= 0.3 is 0 Å². The Kier molecular flexibility index (Phi) is 4.39. The minimum Gasteiger partial charge on any atom is -0.384 e. The predicted octanol–water partition coefficient (Wildman–Crippen LogP) is 4.30. The Labute approximate surface area is 125 Å². The van der Waals surface area contributed by atoms with Crippen molar-refractivity contribution in [1.82, 2.24) is 0 Å². The lowest BCUT2D eigenvalue weighted by Gasteiger charge is -2.09. The van der Waals surface area contributed by atoms with Crippen LogP contribution in [0.4, 0.5) is 13.2 Å². The summed E-state index contributed by atoms with van der Waals surface area (Å²) in [5.41, 5.74) is 5.50. The van der Waals surface area contributed by atoms with Crippen molar-refractivity contribution < 1.29 is 13.2 Å². The van der Waals surface area contributed by atoms with Gasteiger partial charge in [0.1, 0.15) is 17.5 Å². The van der Waals surface area contributed by atoms with Crippen LogP contribution >= 0.6 is 27.7 Å². The lowest BCUT2D eigenvalue weighted by molar-refractivity contribution is 0.575. The maximum atomic E-state index is 14.1. The number of amidine groups is 1. The van der Waals surface area contributed by atoms with Crippen LogP contribution in [0.3, 0.4) is 0 Å². The zero-order chi connectivity index (χ0) is 14.9. The van der Waals surface area contributed by atoms with Crippen molar-refractivity contribution in [2.45, 2.75) is 9.79 Å². The van der Waals surface area contributed by atoms with E-state index in [4.69, 9.17) is 11.1 Å². The third-order valence-corrected chi connectivity index (χ3v) is 4.29. The SMILES string of the molecule is N=C(N)c1ccc(Sc2cc(F)ccc2F)c(F)c1Br. The third kappa shape index (κ3) is 2.99. The highest BCUT2D eigenvalue weighted by atomic mass is 79.9. The number of nitrogen functional groups attached to an aromatic ring is 1. The predicted molar refractivity (Wildman–Crippen MR) is 75.6 cm³/mol. The van der Waals surface area contributed by atoms with Gasteiger partial charge in [-0.15, -0.1) is 0 Å². The quantitative estimate of drug-likeness (QED) is 0.633. The van der Waals surface area contributed by atoms with Crippen LogP contribution < -0.4 is 5.73 Å². The molecule has 2 nitrogen and oxygen atoms in total. The van der Waals surface area contributed by atoms with Crippen molar-refractivity contribution in [2.24, 2.45) is 5.73 Å². The monoisotopic (exact) mass is 360 g/mol. The molecule has 0 saturated carbocycles. The largest absolute Gasteiger partial charge is 0.384 e. The Bertz CT molecular complexity index is 692. The average molecular weight is 361 g/mol. The fourth-order valence-corrected chi connectivity index (χ4v) is 3.08. The molecule has 0 radical (unpaired) electrons. The minimum atomic E-state index is -0.675. The molecule has 20 heavy (non-hydrogen) atoms. The topological polar surface area (TPSA) is 49.9 Å². The number of nitrogens with two attached hydrogens (primary N) is 1. The first-order valence-corrected chi connectivity index (χ1v) is 6.96. The number of hydrogen-bond donors (Lipinski definition) is 2. The summed E-state index contributed by atoms with van der Waals surface area (Å²) >= 11 is 3.76. The van der Waals surface area contributed by atoms with Gasteiger partial charge < -0.3 is 5.73 Å². The molecule has 2 aromatic rings. The van der Waals surface area contributed by atoms with Crippen LogP contribution in [0.5, 0.6) is 0 Å². The van der Waals surface area contributed by atoms with Gasteiger partial charge in [-0.1, -0.05) is 11.8 Å². The van der Waals surface area contributed by atoms with Crippen LogP contribution in [-0.4, -0.2) is 5.84 Å². The fraction of sp³-hybridized carbons (Fsp3) is 0. The fourth-order valence-electron chi connectivity index (χ4n) is 1.49. The second-order valence-corrected chi connectivity index (χ2v) is 5.71. The highest BCUT2D eigenvalue weighted by Gasteiger charge is 2.15. The molecule has 0 amide bonds. The summed E-state index contributed by atoms with van der Waals surface area (Å²) in [4.78, 5) is 0.0813. The maximum absolute atomic E-state index is 14.1. The lowest BCUT2D eigenvalue weighted by atomic mass is 10.2. The molecule has 0 atom stereocenters. The van der Waals surface area contributed by atoms with E-state index in [-0.39, 0.29) is 25.7 Å². The summed E-state index contributed by atoms with van der Waals surface area (Å²) in [6.07, 6.45) is 0. The summed E-state index contributed by atoms with van der Waals surface area (Å²) in [6, 6.07) is 5.77. The van der Waals surface area contributed by atoms with Crippen LogP contribution in [0.25, 0.3) is 0 Å². The molecule has 3 N–H and O–H groups in total. The van der Waals surface area contributed by atoms with E-state index < -0.39 is 17.5 Å². The van der Waals surface area contributed by atoms with Crippen molar-refractivity contribution in [3.63, 3.8) is 0 Å². The Morgan fingerprint density at radius 3 is 2.45 bits per heavy atom. The molecule has 0 heterocycles. The highest BCUT2D eigenvalue weighted by Crippen LogP contribution is 2.35. The molecule has 2 rings (SSSR count). The van der Waals surface area contributed by atoms with Gasteiger partial charge in [0.2, 0.25) is 0 Å². The molecular weight excluding hydrogens is 353 g/mol. The Balaban J connectivity index is 2.42. The second kappa shape index (κ2) is 5.88. The van der Waals surface area contributed by atoms with Crippen LogP contribution in [-0.2, 0) is 0 Å². The van der Waals surface area contributed by atoms with Crippen LogP contribution in [0.1, 0.15) is 5.56 Å². The summed E-state index contributed by atoms with van der Waals surface area (Å²) in [7, 11) is 0. The third-order valence-electron chi connectivity index (χ3n) is 2.45. The number of halogens is 4. The zero-order valence-electron chi connectivity index (χ0n) is 9.88. The van der Waals surface area contributed by atoms with E-state index in [1.165, 1.54) is 12.1 Å². The summed E-state index contributed by atoms with van der Waals surface area (Å²) in [5.74, 6) is -2.20. The van der Waals surface area contributed by atoms with Gasteiger partial charge in [0.25, 0.3) is 0 Å². The standard InChI is InChI=1S/C13H8BrF3N2S/c14-11-7(13(18)19)2-4-9(12(11)17)20-10-5-6(15)1-3-8(10)16/h1-5H,(H3,18,19). The second-order valence-electron chi connectivity index (χ2n) is 3.83. The summed E-state index contributed by atoms with van der Waals surface area (Å²) in [6.45, 7) is 0. The molecule has 7 heteroatoms. The van der Waals surface area contributed by atoms with Gasteiger partial charge in [-0.05, 0) is 46.3 Å². The lowest BCUT2D eigenvalue weighted by Crippen LogP contribution is -2.12. The molecule has 0 saturated heterocycles. The smallest absolute Gasteiger partial charge is 0.152 e. The molecule has 0 aliphatic heterocycles. The molecule has 0 fully saturated rings. The number of hydrogen-bond acceptors (Lipinski definition) is 2. The Morgan fingerprint density at radius 2 is 1.80 bits per heavy atom. The van der Waals surface area contributed by atoms with Crippen molar-refractivity contribution in [1.29, 1.82) is 5.41 Å². The van der Waals surface area contributed by atoms with Crippen molar-refractivity contribution >= 4 is 33.5 Å². The van der Waals surface area contributed by atoms with E-state index in [0.29, 0.717) is 0 Å². The molecule has 0 spiro atoms. The van der Waals surface area contributed by atoms with Crippen LogP contribution in [0, 0.1) is 22.9 Å². The van der Waals surface area contributed by atoms with Crippen LogP contribution in [0.15, 0.2) is 44.6 Å². The van der Waals surface area contributed by atoms with Gasteiger partial charge in [-0.2, -0.15) is 0 Å². The summed E-state index contributed by atoms with van der Waals surface area (Å²) in [5, 5.41) is 7.29. The molecule has 0 bridgehead atoms. The molecule has 0 unspecified atom stereocenters. The molecule has 0 aliphatic carbocycles. The highest BCUT2D eigenvalue weighted by molar-refractivity contribution is 9.10. The van der Waals surface area contributed by atoms with Gasteiger partial charge in [0, 0.05) is 10.5 Å². The van der Waals surface area contributed by atoms with Gasteiger partial charge in [0.05, 0.1) is 9.37 Å². The van der Waals surface area contributed by atoms with E-state index in [0.717, 1.165) is 30.0 Å². The zero-order valence-corrected chi connectivity index (χ0v) is 12.3. The number of nitrogens with one attached hydrogen (secondary N) is 1. The van der Waals surface area contributed by atoms with E-state index in [1.54, 1.807) is 0 Å². The number of rotatable bonds is 3. The first kappa shape index (κ1) is 14.9. The molecule has 2 aromatic carbocycles. The van der Waals surface area contributed by atoms with Crippen LogP contribution in [0.2, 0.25) is 0 Å². The molecular formula is C13H8BrF3N2S. The Hall–Kier alpha value is -1.47. The first-order chi connectivity index (χ1) is 9.40. The van der Waals surface area contributed by atoms with E-state index in [9.17, 15) is 13.2 Å². The Morgan fingerprint density at radius 1 is 1.10 bits per heavy atom. The number of benzene rings is 2. The van der Waals surface area contributed by atoms with E-state index >= 15 is 0 Å². The van der Waals surface area contributed by atoms with Gasteiger partial charge in [-0.3, -0.25) is 5.41 Å². The van der Waals surface area contributed by atoms with E-state index in [2.05, 4.69) is 15.9 Å². The van der Waals surface area contributed by atoms with Gasteiger partial charge in [-0.25, -0.2) is 13.2 Å². The molecule has 0 aliphatic rings. The minimum absolute atomic E-state index is 0.0202. The molecule has 104 valence electrons. The first-order valence-electron chi connectivity index (χ1n) is 5.35. The normalized spacial score (nSPS) is 10.6. The van der Waals surface area contributed by atoms with Crippen molar-refractivity contribution in [3.8, 4) is 0 Å². The maximum Gasteiger partial charge on any atom is 0.152 e. The van der Waals surface area contributed by atoms with Crippen molar-refractivity contribution in [2.75, 3.05) is 0 Å². The van der Waals surface area contributed by atoms with E-state index in [1.807, 2.05) is 0 Å². The average Bonchev–Trinajstić information content (AvgIpc) is 2.39. The summed E-state index contributed by atoms with van der Waals surface area (Å²) < 4.78 is 40.7. The molecule has 0 aromatic heterocycles. The van der Waals surface area contributed by atoms with Gasteiger partial charge in [0.15, 0.2) is 5.82 Å². The van der Waals surface area contributed by atoms with Crippen molar-refractivity contribution in [3.05, 3.63) is 57.8 Å².